The zero-order chi connectivity index (χ0) is 18.0. The van der Waals surface area contributed by atoms with E-state index in [2.05, 4.69) is 12.2 Å². The first-order valence-corrected chi connectivity index (χ1v) is 8.43. The largest absolute Gasteiger partial charge is 0.324 e. The Labute approximate surface area is 146 Å². The summed E-state index contributed by atoms with van der Waals surface area (Å²) in [6.45, 7) is 3.89. The highest BCUT2D eigenvalue weighted by Crippen LogP contribution is 2.31. The van der Waals surface area contributed by atoms with Crippen LogP contribution in [0.25, 0.3) is 0 Å². The molecule has 1 aliphatic rings. The third kappa shape index (κ3) is 3.05. The number of amides is 2. The van der Waals surface area contributed by atoms with Crippen LogP contribution in [0.4, 0.5) is 11.4 Å². The number of anilines is 2. The fraction of sp³-hybridized carbons (Fsp3) is 0.250. The maximum absolute atomic E-state index is 12.7. The van der Waals surface area contributed by atoms with E-state index < -0.39 is 17.7 Å². The third-order valence-electron chi connectivity index (χ3n) is 4.45. The predicted molar refractivity (Wildman–Crippen MR) is 96.8 cm³/mol. The summed E-state index contributed by atoms with van der Waals surface area (Å²) >= 11 is 0. The van der Waals surface area contributed by atoms with Gasteiger partial charge in [0.25, 0.3) is 11.7 Å². The summed E-state index contributed by atoms with van der Waals surface area (Å²) in [6.07, 6.45) is 1.33. The smallest absolute Gasteiger partial charge is 0.300 e. The van der Waals surface area contributed by atoms with Crippen LogP contribution in [-0.4, -0.2) is 23.6 Å². The highest BCUT2D eigenvalue weighted by molar-refractivity contribution is 6.52. The number of Topliss-reactive ketones (excluding diaryl/α,β-unsaturated/α-hetero) is 1. The van der Waals surface area contributed by atoms with E-state index in [0.717, 1.165) is 6.42 Å². The van der Waals surface area contributed by atoms with Gasteiger partial charge in [-0.1, -0.05) is 38.1 Å². The zero-order valence-corrected chi connectivity index (χ0v) is 14.3. The molecule has 1 N–H and O–H groups in total. The second kappa shape index (κ2) is 6.89. The third-order valence-corrected chi connectivity index (χ3v) is 4.45. The van der Waals surface area contributed by atoms with Crippen molar-refractivity contribution in [3.63, 3.8) is 0 Å². The Morgan fingerprint density at radius 2 is 1.72 bits per heavy atom. The molecule has 5 heteroatoms. The molecule has 1 aliphatic heterocycles. The lowest BCUT2D eigenvalue weighted by Gasteiger charge is -2.26. The maximum Gasteiger partial charge on any atom is 0.300 e. The monoisotopic (exact) mass is 336 g/mol. The van der Waals surface area contributed by atoms with Crippen LogP contribution >= 0.6 is 0 Å². The number of hydrogen-bond acceptors (Lipinski definition) is 3. The fourth-order valence-electron chi connectivity index (χ4n) is 3.05. The Hall–Kier alpha value is -2.95. The van der Waals surface area contributed by atoms with Crippen molar-refractivity contribution in [1.29, 1.82) is 0 Å². The molecule has 0 spiro atoms. The number of aryl methyl sites for hydroxylation is 1. The van der Waals surface area contributed by atoms with Crippen molar-refractivity contribution in [3.05, 3.63) is 59.7 Å². The lowest BCUT2D eigenvalue weighted by atomic mass is 10.1. The van der Waals surface area contributed by atoms with Crippen molar-refractivity contribution < 1.29 is 14.4 Å². The summed E-state index contributed by atoms with van der Waals surface area (Å²) < 4.78 is 0. The van der Waals surface area contributed by atoms with Crippen molar-refractivity contribution in [2.75, 3.05) is 10.2 Å². The average Bonchev–Trinajstić information content (AvgIpc) is 2.89. The van der Waals surface area contributed by atoms with E-state index in [1.807, 2.05) is 31.2 Å². The van der Waals surface area contributed by atoms with Crippen LogP contribution < -0.4 is 10.2 Å². The van der Waals surface area contributed by atoms with Gasteiger partial charge in [-0.05, 0) is 42.7 Å². The molecular formula is C20H20N2O3. The predicted octanol–water partition coefficient (Wildman–Crippen LogP) is 3.20. The van der Waals surface area contributed by atoms with Gasteiger partial charge >= 0.3 is 0 Å². The van der Waals surface area contributed by atoms with Crippen LogP contribution in [-0.2, 0) is 16.0 Å². The van der Waals surface area contributed by atoms with Gasteiger partial charge in [-0.3, -0.25) is 19.3 Å². The van der Waals surface area contributed by atoms with Gasteiger partial charge in [0.1, 0.15) is 6.04 Å². The minimum Gasteiger partial charge on any atom is -0.324 e. The van der Waals surface area contributed by atoms with E-state index in [0.29, 0.717) is 23.4 Å². The molecule has 0 bridgehead atoms. The number of benzene rings is 2. The molecule has 0 fully saturated rings. The number of ketones is 1. The van der Waals surface area contributed by atoms with Gasteiger partial charge in [0.2, 0.25) is 5.91 Å². The van der Waals surface area contributed by atoms with E-state index in [1.54, 1.807) is 24.3 Å². The van der Waals surface area contributed by atoms with Crippen LogP contribution in [0.5, 0.6) is 0 Å². The molecule has 3 rings (SSSR count). The molecule has 0 saturated heterocycles. The lowest BCUT2D eigenvalue weighted by Crippen LogP contribution is -2.46. The normalized spacial score (nSPS) is 14.4. The van der Waals surface area contributed by atoms with Crippen LogP contribution in [0.2, 0.25) is 0 Å². The first-order valence-electron chi connectivity index (χ1n) is 8.43. The Morgan fingerprint density at radius 3 is 2.36 bits per heavy atom. The van der Waals surface area contributed by atoms with Crippen molar-refractivity contribution in [2.24, 2.45) is 0 Å². The summed E-state index contributed by atoms with van der Waals surface area (Å²) in [5, 5.41) is 2.84. The minimum absolute atomic E-state index is 0.301. The highest BCUT2D eigenvalue weighted by Gasteiger charge is 2.41. The summed E-state index contributed by atoms with van der Waals surface area (Å²) in [7, 11) is 0. The van der Waals surface area contributed by atoms with Gasteiger partial charge in [-0.15, -0.1) is 0 Å². The number of para-hydroxylation sites is 1. The standard InChI is InChI=1S/C20H20N2O3/c1-3-13-9-11-14(12-10-13)21-19(24)16(4-2)22-17-8-6-5-7-15(17)18(23)20(22)25/h5-12,16H,3-4H2,1-2H3,(H,21,24). The van der Waals surface area contributed by atoms with Crippen molar-refractivity contribution in [1.82, 2.24) is 0 Å². The van der Waals surface area contributed by atoms with Crippen LogP contribution in [0, 0.1) is 0 Å². The number of hydrogen-bond donors (Lipinski definition) is 1. The SMILES string of the molecule is CCc1ccc(NC(=O)C(CC)N2C(=O)C(=O)c3ccccc32)cc1. The average molecular weight is 336 g/mol. The van der Waals surface area contributed by atoms with Crippen LogP contribution in [0.3, 0.4) is 0 Å². The van der Waals surface area contributed by atoms with E-state index in [1.165, 1.54) is 10.5 Å². The molecule has 0 aromatic heterocycles. The molecule has 1 atom stereocenters. The first-order chi connectivity index (χ1) is 12.1. The summed E-state index contributed by atoms with van der Waals surface area (Å²) in [6, 6.07) is 13.6. The molecule has 0 radical (unpaired) electrons. The molecule has 1 unspecified atom stereocenters. The number of carbonyl (C=O) groups excluding carboxylic acids is 3. The van der Waals surface area contributed by atoms with E-state index in [9.17, 15) is 14.4 Å². The van der Waals surface area contributed by atoms with Crippen molar-refractivity contribution in [3.8, 4) is 0 Å². The van der Waals surface area contributed by atoms with E-state index >= 15 is 0 Å². The first kappa shape index (κ1) is 16.9. The van der Waals surface area contributed by atoms with Crippen LogP contribution in [0.15, 0.2) is 48.5 Å². The number of fused-ring (bicyclic) bond motifs is 1. The van der Waals surface area contributed by atoms with E-state index in [4.69, 9.17) is 0 Å². The van der Waals surface area contributed by atoms with Crippen molar-refractivity contribution in [2.45, 2.75) is 32.7 Å². The topological polar surface area (TPSA) is 66.5 Å². The second-order valence-corrected chi connectivity index (χ2v) is 5.99. The molecule has 1 heterocycles. The second-order valence-electron chi connectivity index (χ2n) is 5.99. The van der Waals surface area contributed by atoms with Crippen LogP contribution in [0.1, 0.15) is 36.2 Å². The fourth-order valence-corrected chi connectivity index (χ4v) is 3.05. The Morgan fingerprint density at radius 1 is 1.04 bits per heavy atom. The van der Waals surface area contributed by atoms with Gasteiger partial charge in [0.05, 0.1) is 11.3 Å². The molecule has 0 saturated carbocycles. The summed E-state index contributed by atoms with van der Waals surface area (Å²) in [4.78, 5) is 38.6. The number of nitrogens with one attached hydrogen (secondary N) is 1. The van der Waals surface area contributed by atoms with Gasteiger partial charge in [-0.2, -0.15) is 0 Å². The number of carbonyl (C=O) groups is 3. The maximum atomic E-state index is 12.7. The summed E-state index contributed by atoms with van der Waals surface area (Å²) in [5.74, 6) is -1.51. The molecule has 5 nitrogen and oxygen atoms in total. The number of rotatable bonds is 5. The van der Waals surface area contributed by atoms with Gasteiger partial charge in [-0.25, -0.2) is 0 Å². The molecule has 2 amide bonds. The Kier molecular flexibility index (Phi) is 4.65. The van der Waals surface area contributed by atoms with Gasteiger partial charge < -0.3 is 5.32 Å². The summed E-state index contributed by atoms with van der Waals surface area (Å²) in [5.41, 5.74) is 2.71. The lowest BCUT2D eigenvalue weighted by molar-refractivity contribution is -0.121. The molecule has 2 aromatic carbocycles. The molecule has 25 heavy (non-hydrogen) atoms. The Bertz CT molecular complexity index is 827. The molecular weight excluding hydrogens is 316 g/mol. The minimum atomic E-state index is -0.731. The van der Waals surface area contributed by atoms with E-state index in [-0.39, 0.29) is 5.91 Å². The zero-order valence-electron chi connectivity index (χ0n) is 14.3. The van der Waals surface area contributed by atoms with Crippen molar-refractivity contribution >= 4 is 29.0 Å². The van der Waals surface area contributed by atoms with Gasteiger partial charge in [0.15, 0.2) is 0 Å². The molecule has 2 aromatic rings. The highest BCUT2D eigenvalue weighted by atomic mass is 16.2. The van der Waals surface area contributed by atoms with Gasteiger partial charge in [0, 0.05) is 5.69 Å². The number of nitrogens with zero attached hydrogens (tertiary/aromatic N) is 1. The quantitative estimate of drug-likeness (QED) is 0.853. The molecule has 128 valence electrons. The Balaban J connectivity index is 1.85. The molecule has 0 aliphatic carbocycles.